The highest BCUT2D eigenvalue weighted by Gasteiger charge is 2.02. The number of carbonyl (C=O) groups excluding carboxylic acids is 1. The van der Waals surface area contributed by atoms with Crippen LogP contribution >= 0.6 is 11.6 Å². The van der Waals surface area contributed by atoms with Crippen molar-refractivity contribution in [1.82, 2.24) is 5.32 Å². The van der Waals surface area contributed by atoms with Gasteiger partial charge in [0.1, 0.15) is 5.75 Å². The van der Waals surface area contributed by atoms with E-state index < -0.39 is 0 Å². The van der Waals surface area contributed by atoms with Crippen molar-refractivity contribution in [2.24, 2.45) is 0 Å². The van der Waals surface area contributed by atoms with Gasteiger partial charge in [-0.3, -0.25) is 4.79 Å². The molecule has 82 valence electrons. The van der Waals surface area contributed by atoms with Gasteiger partial charge in [0, 0.05) is 13.5 Å². The Morgan fingerprint density at radius 2 is 2.27 bits per heavy atom. The molecule has 0 atom stereocenters. The van der Waals surface area contributed by atoms with Gasteiger partial charge in [0.25, 0.3) is 0 Å². The van der Waals surface area contributed by atoms with Crippen molar-refractivity contribution in [1.29, 1.82) is 0 Å². The first kappa shape index (κ1) is 11.9. The van der Waals surface area contributed by atoms with Crippen molar-refractivity contribution >= 4 is 17.5 Å². The lowest BCUT2D eigenvalue weighted by atomic mass is 10.2. The Hall–Kier alpha value is -1.22. The van der Waals surface area contributed by atoms with Gasteiger partial charge in [-0.15, -0.1) is 0 Å². The largest absolute Gasteiger partial charge is 0.492 e. The molecule has 0 aromatic heterocycles. The fourth-order valence-electron chi connectivity index (χ4n) is 1.15. The third-order valence-corrected chi connectivity index (χ3v) is 2.13. The van der Waals surface area contributed by atoms with Crippen molar-refractivity contribution in [3.05, 3.63) is 28.8 Å². The molecular formula is C11H14ClNO2. The van der Waals surface area contributed by atoms with E-state index in [-0.39, 0.29) is 5.91 Å². The second-order valence-electron chi connectivity index (χ2n) is 3.11. The maximum absolute atomic E-state index is 10.7. The lowest BCUT2D eigenvalue weighted by molar-refractivity contribution is -0.119. The van der Waals surface area contributed by atoms with E-state index in [0.29, 0.717) is 23.9 Å². The van der Waals surface area contributed by atoms with Gasteiger partial charge in [0.2, 0.25) is 5.91 Å². The third kappa shape index (κ3) is 3.80. The summed E-state index contributed by atoms with van der Waals surface area (Å²) >= 11 is 5.99. The fraction of sp³-hybridized carbons (Fsp3) is 0.364. The summed E-state index contributed by atoms with van der Waals surface area (Å²) in [6, 6.07) is 5.48. The SMILES string of the molecule is CCOc1ccc(CNC(C)=O)cc1Cl. The van der Waals surface area contributed by atoms with Crippen LogP contribution in [-0.4, -0.2) is 12.5 Å². The van der Waals surface area contributed by atoms with Gasteiger partial charge in [-0.25, -0.2) is 0 Å². The van der Waals surface area contributed by atoms with Crippen LogP contribution in [0.3, 0.4) is 0 Å². The van der Waals surface area contributed by atoms with Crippen LogP contribution in [0.1, 0.15) is 19.4 Å². The lowest BCUT2D eigenvalue weighted by Crippen LogP contribution is -2.18. The standard InChI is InChI=1S/C11H14ClNO2/c1-3-15-11-5-4-9(6-10(11)12)7-13-8(2)14/h4-6H,3,7H2,1-2H3,(H,13,14). The van der Waals surface area contributed by atoms with E-state index in [9.17, 15) is 4.79 Å². The number of ether oxygens (including phenoxy) is 1. The molecule has 0 fully saturated rings. The number of hydrogen-bond donors (Lipinski definition) is 1. The van der Waals surface area contributed by atoms with E-state index in [1.165, 1.54) is 6.92 Å². The van der Waals surface area contributed by atoms with Crippen molar-refractivity contribution in [3.63, 3.8) is 0 Å². The van der Waals surface area contributed by atoms with Crippen LogP contribution in [0.2, 0.25) is 5.02 Å². The Morgan fingerprint density at radius 3 is 2.80 bits per heavy atom. The number of nitrogens with one attached hydrogen (secondary N) is 1. The Kier molecular flexibility index (Phi) is 4.43. The molecule has 3 nitrogen and oxygen atoms in total. The summed E-state index contributed by atoms with van der Waals surface area (Å²) in [5.74, 6) is 0.616. The van der Waals surface area contributed by atoms with Crippen molar-refractivity contribution < 1.29 is 9.53 Å². The molecule has 1 aromatic rings. The quantitative estimate of drug-likeness (QED) is 0.858. The van der Waals surface area contributed by atoms with Crippen molar-refractivity contribution in [2.45, 2.75) is 20.4 Å². The minimum Gasteiger partial charge on any atom is -0.492 e. The van der Waals surface area contributed by atoms with E-state index in [1.807, 2.05) is 19.1 Å². The molecule has 0 unspecified atom stereocenters. The highest BCUT2D eigenvalue weighted by molar-refractivity contribution is 6.32. The lowest BCUT2D eigenvalue weighted by Gasteiger charge is -2.07. The van der Waals surface area contributed by atoms with Crippen LogP contribution < -0.4 is 10.1 Å². The van der Waals surface area contributed by atoms with Gasteiger partial charge in [0.05, 0.1) is 11.6 Å². The Labute approximate surface area is 94.4 Å². The normalized spacial score (nSPS) is 9.80. The van der Waals surface area contributed by atoms with Crippen LogP contribution in [0.25, 0.3) is 0 Å². The highest BCUT2D eigenvalue weighted by atomic mass is 35.5. The molecule has 0 saturated heterocycles. The first-order valence-electron chi connectivity index (χ1n) is 4.79. The predicted molar refractivity (Wildman–Crippen MR) is 60.1 cm³/mol. The second-order valence-corrected chi connectivity index (χ2v) is 3.51. The predicted octanol–water partition coefficient (Wildman–Crippen LogP) is 2.37. The highest BCUT2D eigenvalue weighted by Crippen LogP contribution is 2.25. The minimum atomic E-state index is -0.0555. The Bertz CT molecular complexity index is 352. The van der Waals surface area contributed by atoms with Gasteiger partial charge in [-0.1, -0.05) is 17.7 Å². The fourth-order valence-corrected chi connectivity index (χ4v) is 1.41. The molecule has 0 bridgehead atoms. The average molecular weight is 228 g/mol. The maximum atomic E-state index is 10.7. The summed E-state index contributed by atoms with van der Waals surface area (Å²) in [5, 5.41) is 3.27. The molecule has 1 rings (SSSR count). The molecule has 0 saturated carbocycles. The zero-order chi connectivity index (χ0) is 11.3. The third-order valence-electron chi connectivity index (χ3n) is 1.84. The molecule has 0 aliphatic carbocycles. The molecule has 0 radical (unpaired) electrons. The number of hydrogen-bond acceptors (Lipinski definition) is 2. The molecule has 4 heteroatoms. The molecule has 0 heterocycles. The van der Waals surface area contributed by atoms with Crippen molar-refractivity contribution in [2.75, 3.05) is 6.61 Å². The summed E-state index contributed by atoms with van der Waals surface area (Å²) < 4.78 is 5.30. The molecule has 1 amide bonds. The maximum Gasteiger partial charge on any atom is 0.217 e. The summed E-state index contributed by atoms with van der Waals surface area (Å²) in [4.78, 5) is 10.7. The van der Waals surface area contributed by atoms with E-state index >= 15 is 0 Å². The summed E-state index contributed by atoms with van der Waals surface area (Å²) in [6.45, 7) is 4.46. The Morgan fingerprint density at radius 1 is 1.53 bits per heavy atom. The number of amides is 1. The van der Waals surface area contributed by atoms with Gasteiger partial charge in [-0.05, 0) is 24.6 Å². The number of rotatable bonds is 4. The number of carbonyl (C=O) groups is 1. The second kappa shape index (κ2) is 5.61. The van der Waals surface area contributed by atoms with Gasteiger partial charge < -0.3 is 10.1 Å². The molecule has 0 aliphatic heterocycles. The first-order chi connectivity index (χ1) is 7.13. The van der Waals surface area contributed by atoms with E-state index in [0.717, 1.165) is 5.56 Å². The molecule has 1 N–H and O–H groups in total. The Balaban J connectivity index is 2.68. The van der Waals surface area contributed by atoms with Crippen molar-refractivity contribution in [3.8, 4) is 5.75 Å². The van der Waals surface area contributed by atoms with Gasteiger partial charge in [-0.2, -0.15) is 0 Å². The molecule has 0 spiro atoms. The van der Waals surface area contributed by atoms with E-state index in [4.69, 9.17) is 16.3 Å². The van der Waals surface area contributed by atoms with Crippen LogP contribution in [0.4, 0.5) is 0 Å². The zero-order valence-electron chi connectivity index (χ0n) is 8.84. The zero-order valence-corrected chi connectivity index (χ0v) is 9.60. The monoisotopic (exact) mass is 227 g/mol. The number of benzene rings is 1. The van der Waals surface area contributed by atoms with Crippen LogP contribution in [-0.2, 0) is 11.3 Å². The first-order valence-corrected chi connectivity index (χ1v) is 5.17. The van der Waals surface area contributed by atoms with Crippen LogP contribution in [0, 0.1) is 0 Å². The molecule has 1 aromatic carbocycles. The van der Waals surface area contributed by atoms with E-state index in [1.54, 1.807) is 6.07 Å². The number of halogens is 1. The smallest absolute Gasteiger partial charge is 0.217 e. The summed E-state index contributed by atoms with van der Waals surface area (Å²) in [5.41, 5.74) is 0.957. The van der Waals surface area contributed by atoms with Gasteiger partial charge >= 0.3 is 0 Å². The van der Waals surface area contributed by atoms with E-state index in [2.05, 4.69) is 5.32 Å². The average Bonchev–Trinajstić information content (AvgIpc) is 2.19. The topological polar surface area (TPSA) is 38.3 Å². The minimum absolute atomic E-state index is 0.0555. The molecular weight excluding hydrogens is 214 g/mol. The van der Waals surface area contributed by atoms with Gasteiger partial charge in [0.15, 0.2) is 0 Å². The van der Waals surface area contributed by atoms with Crippen LogP contribution in [0.5, 0.6) is 5.75 Å². The molecule has 0 aliphatic rings. The summed E-state index contributed by atoms with van der Waals surface area (Å²) in [7, 11) is 0. The molecule has 15 heavy (non-hydrogen) atoms. The summed E-state index contributed by atoms with van der Waals surface area (Å²) in [6.07, 6.45) is 0. The van der Waals surface area contributed by atoms with Crippen LogP contribution in [0.15, 0.2) is 18.2 Å².